The van der Waals surface area contributed by atoms with Crippen molar-refractivity contribution in [3.63, 3.8) is 0 Å². The normalized spacial score (nSPS) is 27.0. The molecule has 0 saturated heterocycles. The molecule has 17 heavy (non-hydrogen) atoms. The second kappa shape index (κ2) is 3.86. The van der Waals surface area contributed by atoms with Gasteiger partial charge >= 0.3 is 5.97 Å². The third kappa shape index (κ3) is 1.86. The van der Waals surface area contributed by atoms with Crippen LogP contribution >= 0.6 is 0 Å². The van der Waals surface area contributed by atoms with Crippen LogP contribution in [0.25, 0.3) is 0 Å². The Bertz CT molecular complexity index is 431. The zero-order chi connectivity index (χ0) is 12.7. The molecule has 0 radical (unpaired) electrons. The van der Waals surface area contributed by atoms with Crippen molar-refractivity contribution in [1.82, 2.24) is 0 Å². The van der Waals surface area contributed by atoms with Gasteiger partial charge in [-0.3, -0.25) is 0 Å². The van der Waals surface area contributed by atoms with E-state index >= 15 is 0 Å². The Morgan fingerprint density at radius 2 is 1.71 bits per heavy atom. The van der Waals surface area contributed by atoms with E-state index in [1.54, 1.807) is 12.1 Å². The fourth-order valence-corrected chi connectivity index (χ4v) is 3.01. The van der Waals surface area contributed by atoms with Gasteiger partial charge in [0.05, 0.1) is 5.56 Å². The largest absolute Gasteiger partial charge is 0.478 e. The van der Waals surface area contributed by atoms with Gasteiger partial charge in [-0.05, 0) is 41.4 Å². The average molecular weight is 232 g/mol. The molecule has 1 fully saturated rings. The van der Waals surface area contributed by atoms with Crippen LogP contribution in [0.2, 0.25) is 0 Å². The molecule has 2 rings (SSSR count). The van der Waals surface area contributed by atoms with Crippen LogP contribution in [-0.4, -0.2) is 11.1 Å². The van der Waals surface area contributed by atoms with E-state index < -0.39 is 5.97 Å². The molecule has 1 atom stereocenters. The van der Waals surface area contributed by atoms with Gasteiger partial charge in [0.2, 0.25) is 0 Å². The van der Waals surface area contributed by atoms with E-state index in [4.69, 9.17) is 5.11 Å². The minimum atomic E-state index is -0.854. The first-order chi connectivity index (χ1) is 7.87. The van der Waals surface area contributed by atoms with Crippen molar-refractivity contribution in [1.29, 1.82) is 0 Å². The Morgan fingerprint density at radius 3 is 2.12 bits per heavy atom. The van der Waals surface area contributed by atoms with Gasteiger partial charge in [-0.1, -0.05) is 39.3 Å². The molecule has 1 aliphatic rings. The number of hydrogen-bond acceptors (Lipinski definition) is 1. The Labute approximate surface area is 103 Å². The van der Waals surface area contributed by atoms with E-state index in [-0.39, 0.29) is 10.8 Å². The first-order valence-corrected chi connectivity index (χ1v) is 6.21. The highest BCUT2D eigenvalue weighted by Gasteiger charge is 2.45. The Kier molecular flexibility index (Phi) is 2.76. The molecule has 1 saturated carbocycles. The summed E-state index contributed by atoms with van der Waals surface area (Å²) in [6.07, 6.45) is 3.68. The summed E-state index contributed by atoms with van der Waals surface area (Å²) in [5, 5.41) is 8.91. The highest BCUT2D eigenvalue weighted by molar-refractivity contribution is 5.87. The van der Waals surface area contributed by atoms with Crippen molar-refractivity contribution < 1.29 is 9.90 Å². The van der Waals surface area contributed by atoms with Gasteiger partial charge in [0, 0.05) is 0 Å². The molecule has 0 unspecified atom stereocenters. The fourth-order valence-electron chi connectivity index (χ4n) is 3.01. The number of rotatable bonds is 2. The van der Waals surface area contributed by atoms with E-state index in [2.05, 4.69) is 20.8 Å². The zero-order valence-electron chi connectivity index (χ0n) is 10.8. The van der Waals surface area contributed by atoms with Crippen molar-refractivity contribution in [2.75, 3.05) is 0 Å². The van der Waals surface area contributed by atoms with Gasteiger partial charge < -0.3 is 5.11 Å². The Morgan fingerprint density at radius 1 is 1.12 bits per heavy atom. The Balaban J connectivity index is 2.37. The molecule has 1 aromatic rings. The predicted molar refractivity (Wildman–Crippen MR) is 68.4 cm³/mol. The SMILES string of the molecule is CC1(C)CCC[C@]1(C)c1ccc(C(=O)O)cc1. The van der Waals surface area contributed by atoms with Crippen molar-refractivity contribution in [2.24, 2.45) is 5.41 Å². The van der Waals surface area contributed by atoms with Crippen LogP contribution in [0.15, 0.2) is 24.3 Å². The summed E-state index contributed by atoms with van der Waals surface area (Å²) in [6.45, 7) is 6.92. The third-order valence-corrected chi connectivity index (χ3v) is 4.74. The smallest absolute Gasteiger partial charge is 0.335 e. The third-order valence-electron chi connectivity index (χ3n) is 4.74. The minimum Gasteiger partial charge on any atom is -0.478 e. The summed E-state index contributed by atoms with van der Waals surface area (Å²) >= 11 is 0. The van der Waals surface area contributed by atoms with Crippen molar-refractivity contribution >= 4 is 5.97 Å². The molecule has 0 spiro atoms. The number of hydrogen-bond donors (Lipinski definition) is 1. The topological polar surface area (TPSA) is 37.3 Å². The van der Waals surface area contributed by atoms with Crippen LogP contribution in [0.4, 0.5) is 0 Å². The first kappa shape index (κ1) is 12.2. The lowest BCUT2D eigenvalue weighted by Gasteiger charge is -2.39. The van der Waals surface area contributed by atoms with Crippen LogP contribution in [0.3, 0.4) is 0 Å². The van der Waals surface area contributed by atoms with E-state index in [0.29, 0.717) is 5.56 Å². The average Bonchev–Trinajstić information content (AvgIpc) is 2.55. The van der Waals surface area contributed by atoms with Crippen LogP contribution in [0.1, 0.15) is 56.0 Å². The second-order valence-corrected chi connectivity index (χ2v) is 5.95. The predicted octanol–water partition coefficient (Wildman–Crippen LogP) is 3.85. The molecule has 0 heterocycles. The maximum Gasteiger partial charge on any atom is 0.335 e. The summed E-state index contributed by atoms with van der Waals surface area (Å²) in [5.74, 6) is -0.854. The zero-order valence-corrected chi connectivity index (χ0v) is 10.8. The molecule has 0 amide bonds. The molecule has 92 valence electrons. The van der Waals surface area contributed by atoms with Crippen LogP contribution in [0, 0.1) is 5.41 Å². The molecule has 2 nitrogen and oxygen atoms in total. The molecule has 1 aromatic carbocycles. The Hall–Kier alpha value is -1.31. The molecule has 0 aliphatic heterocycles. The van der Waals surface area contributed by atoms with Gasteiger partial charge in [0.25, 0.3) is 0 Å². The van der Waals surface area contributed by atoms with Crippen molar-refractivity contribution in [2.45, 2.75) is 45.4 Å². The molecule has 1 aliphatic carbocycles. The molecule has 1 N–H and O–H groups in total. The summed E-state index contributed by atoms with van der Waals surface area (Å²) in [4.78, 5) is 10.8. The minimum absolute atomic E-state index is 0.171. The van der Waals surface area contributed by atoms with E-state index in [1.807, 2.05) is 12.1 Å². The fraction of sp³-hybridized carbons (Fsp3) is 0.533. The van der Waals surface area contributed by atoms with Gasteiger partial charge in [0.15, 0.2) is 0 Å². The highest BCUT2D eigenvalue weighted by atomic mass is 16.4. The van der Waals surface area contributed by atoms with Gasteiger partial charge in [-0.2, -0.15) is 0 Å². The van der Waals surface area contributed by atoms with Crippen LogP contribution in [0.5, 0.6) is 0 Å². The number of aromatic carboxylic acids is 1. The highest BCUT2D eigenvalue weighted by Crippen LogP contribution is 2.53. The van der Waals surface area contributed by atoms with Crippen molar-refractivity contribution in [3.05, 3.63) is 35.4 Å². The first-order valence-electron chi connectivity index (χ1n) is 6.21. The van der Waals surface area contributed by atoms with Gasteiger partial charge in [-0.15, -0.1) is 0 Å². The maximum atomic E-state index is 10.8. The van der Waals surface area contributed by atoms with E-state index in [9.17, 15) is 4.79 Å². The molecular weight excluding hydrogens is 212 g/mol. The summed E-state index contributed by atoms with van der Waals surface area (Å²) in [6, 6.07) is 7.40. The number of carboxylic acid groups (broad SMARTS) is 1. The molecule has 0 bridgehead atoms. The molecule has 2 heteroatoms. The van der Waals surface area contributed by atoms with E-state index in [0.717, 1.165) is 0 Å². The number of benzene rings is 1. The lowest BCUT2D eigenvalue weighted by atomic mass is 9.65. The van der Waals surface area contributed by atoms with Crippen LogP contribution in [-0.2, 0) is 5.41 Å². The summed E-state index contributed by atoms with van der Waals surface area (Å²) < 4.78 is 0. The number of carboxylic acids is 1. The van der Waals surface area contributed by atoms with Gasteiger partial charge in [-0.25, -0.2) is 4.79 Å². The maximum absolute atomic E-state index is 10.8. The number of carbonyl (C=O) groups is 1. The summed E-state index contributed by atoms with van der Waals surface area (Å²) in [5.41, 5.74) is 2.10. The van der Waals surface area contributed by atoms with Crippen molar-refractivity contribution in [3.8, 4) is 0 Å². The standard InChI is InChI=1S/C15H20O2/c1-14(2)9-4-10-15(14,3)12-7-5-11(6-8-12)13(16)17/h5-8H,4,9-10H2,1-3H3,(H,16,17)/t15-/m1/s1. The monoisotopic (exact) mass is 232 g/mol. The van der Waals surface area contributed by atoms with E-state index in [1.165, 1.54) is 24.8 Å². The lowest BCUT2D eigenvalue weighted by Crippen LogP contribution is -2.33. The van der Waals surface area contributed by atoms with Crippen LogP contribution < -0.4 is 0 Å². The molecular formula is C15H20O2. The quantitative estimate of drug-likeness (QED) is 0.840. The summed E-state index contributed by atoms with van der Waals surface area (Å²) in [7, 11) is 0. The van der Waals surface area contributed by atoms with Gasteiger partial charge in [0.1, 0.15) is 0 Å². The molecule has 0 aromatic heterocycles. The second-order valence-electron chi connectivity index (χ2n) is 5.95. The lowest BCUT2D eigenvalue weighted by molar-refractivity contribution is 0.0697.